The Kier molecular flexibility index (Phi) is 2.74. The van der Waals surface area contributed by atoms with Crippen LogP contribution < -0.4 is 0 Å². The molecule has 3 heteroatoms. The van der Waals surface area contributed by atoms with Crippen LogP contribution in [-0.2, 0) is 9.59 Å². The summed E-state index contributed by atoms with van der Waals surface area (Å²) in [5.74, 6) is -0.565. The van der Waals surface area contributed by atoms with E-state index in [9.17, 15) is 9.59 Å². The lowest BCUT2D eigenvalue weighted by atomic mass is 9.67. The summed E-state index contributed by atoms with van der Waals surface area (Å²) >= 11 is 0. The van der Waals surface area contributed by atoms with Crippen LogP contribution in [0.15, 0.2) is 0 Å². The number of hydrogen-bond acceptors (Lipinski definition) is 2. The highest BCUT2D eigenvalue weighted by molar-refractivity contribution is 5.80. The van der Waals surface area contributed by atoms with Gasteiger partial charge in [0.2, 0.25) is 0 Å². The number of ketones is 1. The highest BCUT2D eigenvalue weighted by atomic mass is 16.4. The molecule has 3 nitrogen and oxygen atoms in total. The van der Waals surface area contributed by atoms with Gasteiger partial charge in [-0.1, -0.05) is 13.8 Å². The van der Waals surface area contributed by atoms with Crippen LogP contribution in [0.3, 0.4) is 0 Å². The standard InChI is InChI=1S/C10H16O3/c1-10(2)4-3-8(11)5-7(10)6-9(12)13/h7H,3-6H2,1-2H3,(H,12,13). The first-order chi connectivity index (χ1) is 5.92. The minimum absolute atomic E-state index is 0.00625. The molecule has 13 heavy (non-hydrogen) atoms. The molecule has 1 aliphatic rings. The summed E-state index contributed by atoms with van der Waals surface area (Å²) in [6, 6.07) is 0. The topological polar surface area (TPSA) is 54.4 Å². The quantitative estimate of drug-likeness (QED) is 0.712. The predicted octanol–water partition coefficient (Wildman–Crippen LogP) is 1.86. The maximum absolute atomic E-state index is 11.1. The highest BCUT2D eigenvalue weighted by Crippen LogP contribution is 2.40. The normalized spacial score (nSPS) is 27.2. The molecule has 1 atom stereocenters. The van der Waals surface area contributed by atoms with Gasteiger partial charge >= 0.3 is 5.97 Å². The average molecular weight is 184 g/mol. The van der Waals surface area contributed by atoms with Gasteiger partial charge in [-0.05, 0) is 17.8 Å². The molecule has 0 bridgehead atoms. The molecule has 1 fully saturated rings. The molecular weight excluding hydrogens is 168 g/mol. The van der Waals surface area contributed by atoms with E-state index in [2.05, 4.69) is 0 Å². The largest absolute Gasteiger partial charge is 0.481 e. The first-order valence-corrected chi connectivity index (χ1v) is 4.65. The van der Waals surface area contributed by atoms with Crippen LogP contribution >= 0.6 is 0 Å². The molecule has 0 saturated heterocycles. The number of carboxylic acids is 1. The molecule has 0 aromatic rings. The van der Waals surface area contributed by atoms with Gasteiger partial charge in [-0.2, -0.15) is 0 Å². The second-order valence-corrected chi connectivity index (χ2v) is 4.53. The fraction of sp³-hybridized carbons (Fsp3) is 0.800. The van der Waals surface area contributed by atoms with E-state index in [1.165, 1.54) is 0 Å². The average Bonchev–Trinajstić information content (AvgIpc) is 1.97. The smallest absolute Gasteiger partial charge is 0.303 e. The van der Waals surface area contributed by atoms with Gasteiger partial charge in [-0.15, -0.1) is 0 Å². The zero-order chi connectivity index (χ0) is 10.1. The Bertz CT molecular complexity index is 228. The fourth-order valence-corrected chi connectivity index (χ4v) is 1.88. The summed E-state index contributed by atoms with van der Waals surface area (Å²) in [6.45, 7) is 4.10. The maximum Gasteiger partial charge on any atom is 0.303 e. The van der Waals surface area contributed by atoms with Crippen LogP contribution in [0.2, 0.25) is 0 Å². The molecule has 0 spiro atoms. The highest BCUT2D eigenvalue weighted by Gasteiger charge is 2.36. The number of hydrogen-bond donors (Lipinski definition) is 1. The Hall–Kier alpha value is -0.860. The first kappa shape index (κ1) is 10.2. The van der Waals surface area contributed by atoms with Crippen molar-refractivity contribution in [2.45, 2.75) is 39.5 Å². The zero-order valence-electron chi connectivity index (χ0n) is 8.17. The van der Waals surface area contributed by atoms with E-state index in [0.717, 1.165) is 6.42 Å². The van der Waals surface area contributed by atoms with Crippen LogP contribution in [0.4, 0.5) is 0 Å². The van der Waals surface area contributed by atoms with E-state index in [1.54, 1.807) is 0 Å². The van der Waals surface area contributed by atoms with Crippen molar-refractivity contribution in [3.05, 3.63) is 0 Å². The lowest BCUT2D eigenvalue weighted by Gasteiger charge is -2.37. The van der Waals surface area contributed by atoms with Gasteiger partial charge in [0.1, 0.15) is 5.78 Å². The molecule has 0 heterocycles. The van der Waals surface area contributed by atoms with Crippen LogP contribution in [0, 0.1) is 11.3 Å². The van der Waals surface area contributed by atoms with Crippen LogP contribution in [0.5, 0.6) is 0 Å². The molecule has 1 unspecified atom stereocenters. The van der Waals surface area contributed by atoms with Crippen molar-refractivity contribution in [1.29, 1.82) is 0 Å². The van der Waals surface area contributed by atoms with Gasteiger partial charge in [0.05, 0.1) is 0 Å². The van der Waals surface area contributed by atoms with Crippen LogP contribution in [0.25, 0.3) is 0 Å². The van der Waals surface area contributed by atoms with E-state index in [0.29, 0.717) is 12.8 Å². The molecule has 1 rings (SSSR count). The summed E-state index contributed by atoms with van der Waals surface area (Å²) in [6.07, 6.45) is 2.00. The molecule has 74 valence electrons. The van der Waals surface area contributed by atoms with Crippen molar-refractivity contribution in [3.63, 3.8) is 0 Å². The summed E-state index contributed by atoms with van der Waals surface area (Å²) in [5.41, 5.74) is 0.00625. The molecular formula is C10H16O3. The van der Waals surface area contributed by atoms with E-state index in [1.807, 2.05) is 13.8 Å². The van der Waals surface area contributed by atoms with Crippen molar-refractivity contribution >= 4 is 11.8 Å². The van der Waals surface area contributed by atoms with Crippen LogP contribution in [-0.4, -0.2) is 16.9 Å². The third-order valence-electron chi connectivity index (χ3n) is 3.05. The minimum atomic E-state index is -0.798. The third kappa shape index (κ3) is 2.54. The fourth-order valence-electron chi connectivity index (χ4n) is 1.88. The Balaban J connectivity index is 2.66. The maximum atomic E-state index is 11.1. The van der Waals surface area contributed by atoms with Gasteiger partial charge < -0.3 is 5.11 Å². The van der Waals surface area contributed by atoms with E-state index in [4.69, 9.17) is 5.11 Å². The summed E-state index contributed by atoms with van der Waals surface area (Å²) in [7, 11) is 0. The second-order valence-electron chi connectivity index (χ2n) is 4.53. The van der Waals surface area contributed by atoms with Crippen molar-refractivity contribution in [2.75, 3.05) is 0 Å². The molecule has 0 radical (unpaired) electrons. The van der Waals surface area contributed by atoms with Crippen LogP contribution in [0.1, 0.15) is 39.5 Å². The van der Waals surface area contributed by atoms with Gasteiger partial charge in [0.15, 0.2) is 0 Å². The van der Waals surface area contributed by atoms with Crippen molar-refractivity contribution in [3.8, 4) is 0 Å². The number of carbonyl (C=O) groups excluding carboxylic acids is 1. The number of aliphatic carboxylic acids is 1. The SMILES string of the molecule is CC1(C)CCC(=O)CC1CC(=O)O. The summed E-state index contributed by atoms with van der Waals surface area (Å²) in [5, 5.41) is 8.67. The number of carboxylic acid groups (broad SMARTS) is 1. The zero-order valence-corrected chi connectivity index (χ0v) is 8.17. The van der Waals surface area contributed by atoms with E-state index in [-0.39, 0.29) is 23.5 Å². The second kappa shape index (κ2) is 3.48. The monoisotopic (exact) mass is 184 g/mol. The van der Waals surface area contributed by atoms with Crippen molar-refractivity contribution < 1.29 is 14.7 Å². The Labute approximate surface area is 78.1 Å². The lowest BCUT2D eigenvalue weighted by molar-refractivity contribution is -0.140. The Morgan fingerprint density at radius 1 is 1.62 bits per heavy atom. The lowest BCUT2D eigenvalue weighted by Crippen LogP contribution is -2.33. The molecule has 0 amide bonds. The number of rotatable bonds is 2. The minimum Gasteiger partial charge on any atom is -0.481 e. The third-order valence-corrected chi connectivity index (χ3v) is 3.05. The Morgan fingerprint density at radius 3 is 2.77 bits per heavy atom. The predicted molar refractivity (Wildman–Crippen MR) is 48.4 cm³/mol. The molecule has 1 saturated carbocycles. The van der Waals surface area contributed by atoms with Gasteiger partial charge in [-0.3, -0.25) is 9.59 Å². The number of carbonyl (C=O) groups is 2. The summed E-state index contributed by atoms with van der Waals surface area (Å²) in [4.78, 5) is 21.7. The molecule has 0 aromatic carbocycles. The van der Waals surface area contributed by atoms with E-state index >= 15 is 0 Å². The Morgan fingerprint density at radius 2 is 2.23 bits per heavy atom. The molecule has 1 N–H and O–H groups in total. The van der Waals surface area contributed by atoms with E-state index < -0.39 is 5.97 Å². The summed E-state index contributed by atoms with van der Waals surface area (Å²) < 4.78 is 0. The van der Waals surface area contributed by atoms with Gasteiger partial charge in [-0.25, -0.2) is 0 Å². The molecule has 0 aliphatic heterocycles. The number of Topliss-reactive ketones (excluding diaryl/α,β-unsaturated/α-hetero) is 1. The molecule has 1 aliphatic carbocycles. The molecule has 0 aromatic heterocycles. The van der Waals surface area contributed by atoms with Gasteiger partial charge in [0.25, 0.3) is 0 Å². The van der Waals surface area contributed by atoms with Crippen molar-refractivity contribution in [2.24, 2.45) is 11.3 Å². The van der Waals surface area contributed by atoms with Gasteiger partial charge in [0, 0.05) is 19.3 Å². The first-order valence-electron chi connectivity index (χ1n) is 4.65. The van der Waals surface area contributed by atoms with Crippen molar-refractivity contribution in [1.82, 2.24) is 0 Å².